The number of hydrogen-bond donors (Lipinski definition) is 2. The third kappa shape index (κ3) is 4.31. The number of aliphatic carboxylic acids is 1. The van der Waals surface area contributed by atoms with E-state index < -0.39 is 17.7 Å². The Morgan fingerprint density at radius 2 is 2.10 bits per heavy atom. The second-order valence-electron chi connectivity index (χ2n) is 4.68. The van der Waals surface area contributed by atoms with Crippen LogP contribution in [-0.4, -0.2) is 34.5 Å². The number of carbonyl (C=O) groups is 2. The van der Waals surface area contributed by atoms with Crippen molar-refractivity contribution >= 4 is 11.9 Å². The van der Waals surface area contributed by atoms with Crippen LogP contribution in [0, 0.1) is 5.82 Å². The van der Waals surface area contributed by atoms with Crippen LogP contribution in [0.2, 0.25) is 0 Å². The number of hydrogen-bond acceptors (Lipinski definition) is 3. The molecule has 0 aliphatic heterocycles. The third-order valence-corrected chi connectivity index (χ3v) is 3.20. The highest BCUT2D eigenvalue weighted by atomic mass is 19.1. The SMILES string of the molecule is CCN(Cc1cc(C(N)=O)ccc1F)C(C)CC(=O)O. The average molecular weight is 282 g/mol. The van der Waals surface area contributed by atoms with Crippen LogP contribution < -0.4 is 5.73 Å². The zero-order valence-corrected chi connectivity index (χ0v) is 11.6. The Hall–Kier alpha value is -1.95. The van der Waals surface area contributed by atoms with Gasteiger partial charge < -0.3 is 10.8 Å². The van der Waals surface area contributed by atoms with Crippen LogP contribution in [0.15, 0.2) is 18.2 Å². The third-order valence-electron chi connectivity index (χ3n) is 3.20. The summed E-state index contributed by atoms with van der Waals surface area (Å²) in [5.74, 6) is -1.95. The molecular weight excluding hydrogens is 263 g/mol. The molecule has 1 amide bonds. The summed E-state index contributed by atoms with van der Waals surface area (Å²) in [4.78, 5) is 23.7. The lowest BCUT2D eigenvalue weighted by Crippen LogP contribution is -2.34. The number of nitrogens with two attached hydrogens (primary N) is 1. The van der Waals surface area contributed by atoms with Crippen LogP contribution in [0.3, 0.4) is 0 Å². The quantitative estimate of drug-likeness (QED) is 0.795. The molecule has 110 valence electrons. The number of nitrogens with zero attached hydrogens (tertiary/aromatic N) is 1. The minimum atomic E-state index is -0.901. The van der Waals surface area contributed by atoms with E-state index in [9.17, 15) is 14.0 Å². The molecule has 5 nitrogen and oxygen atoms in total. The maximum atomic E-state index is 13.8. The summed E-state index contributed by atoms with van der Waals surface area (Å²) < 4.78 is 13.8. The topological polar surface area (TPSA) is 83.6 Å². The van der Waals surface area contributed by atoms with Crippen LogP contribution in [0.25, 0.3) is 0 Å². The Morgan fingerprint density at radius 1 is 1.45 bits per heavy atom. The summed E-state index contributed by atoms with van der Waals surface area (Å²) >= 11 is 0. The molecule has 1 aromatic carbocycles. The van der Waals surface area contributed by atoms with Crippen LogP contribution in [0.1, 0.15) is 36.2 Å². The largest absolute Gasteiger partial charge is 0.481 e. The van der Waals surface area contributed by atoms with E-state index in [0.29, 0.717) is 12.1 Å². The van der Waals surface area contributed by atoms with Crippen LogP contribution in [-0.2, 0) is 11.3 Å². The van der Waals surface area contributed by atoms with E-state index in [0.717, 1.165) is 0 Å². The smallest absolute Gasteiger partial charge is 0.304 e. The second kappa shape index (κ2) is 7.00. The van der Waals surface area contributed by atoms with Gasteiger partial charge in [-0.2, -0.15) is 0 Å². The van der Waals surface area contributed by atoms with Crippen molar-refractivity contribution in [2.75, 3.05) is 6.54 Å². The van der Waals surface area contributed by atoms with Crippen molar-refractivity contribution in [1.82, 2.24) is 4.90 Å². The van der Waals surface area contributed by atoms with Gasteiger partial charge in [0.15, 0.2) is 0 Å². The molecule has 3 N–H and O–H groups in total. The maximum absolute atomic E-state index is 13.8. The average Bonchev–Trinajstić information content (AvgIpc) is 2.36. The number of carbonyl (C=O) groups excluding carboxylic acids is 1. The van der Waals surface area contributed by atoms with Crippen molar-refractivity contribution in [3.05, 3.63) is 35.1 Å². The zero-order valence-electron chi connectivity index (χ0n) is 11.6. The Balaban J connectivity index is 2.91. The van der Waals surface area contributed by atoms with Crippen molar-refractivity contribution in [1.29, 1.82) is 0 Å². The summed E-state index contributed by atoms with van der Waals surface area (Å²) in [6.07, 6.45) is -0.0228. The Morgan fingerprint density at radius 3 is 2.60 bits per heavy atom. The van der Waals surface area contributed by atoms with Crippen molar-refractivity contribution in [3.63, 3.8) is 0 Å². The molecule has 0 saturated carbocycles. The number of carboxylic acid groups (broad SMARTS) is 1. The fraction of sp³-hybridized carbons (Fsp3) is 0.429. The number of halogens is 1. The minimum absolute atomic E-state index is 0.0228. The van der Waals surface area contributed by atoms with Crippen LogP contribution in [0.5, 0.6) is 0 Å². The minimum Gasteiger partial charge on any atom is -0.481 e. The maximum Gasteiger partial charge on any atom is 0.304 e. The zero-order chi connectivity index (χ0) is 15.3. The fourth-order valence-corrected chi connectivity index (χ4v) is 2.03. The summed E-state index contributed by atoms with van der Waals surface area (Å²) in [6.45, 7) is 4.45. The van der Waals surface area contributed by atoms with Gasteiger partial charge in [-0.25, -0.2) is 4.39 Å². The van der Waals surface area contributed by atoms with Gasteiger partial charge in [-0.05, 0) is 31.7 Å². The molecule has 1 aromatic rings. The van der Waals surface area contributed by atoms with Gasteiger partial charge in [0.05, 0.1) is 6.42 Å². The van der Waals surface area contributed by atoms with Gasteiger partial charge in [-0.1, -0.05) is 6.92 Å². The Labute approximate surface area is 117 Å². The van der Waals surface area contributed by atoms with E-state index in [4.69, 9.17) is 10.8 Å². The lowest BCUT2D eigenvalue weighted by atomic mass is 10.1. The standard InChI is InChI=1S/C14H19FN2O3/c1-3-17(9(2)6-13(18)19)8-11-7-10(14(16)20)4-5-12(11)15/h4-5,7,9H,3,6,8H2,1-2H3,(H2,16,20)(H,18,19). The van der Waals surface area contributed by atoms with Crippen molar-refractivity contribution in [3.8, 4) is 0 Å². The number of amides is 1. The van der Waals surface area contributed by atoms with Crippen LogP contribution >= 0.6 is 0 Å². The molecule has 0 aliphatic rings. The number of carboxylic acids is 1. The summed E-state index contributed by atoms with van der Waals surface area (Å²) in [6, 6.07) is 3.71. The van der Waals surface area contributed by atoms with Crippen molar-refractivity contribution < 1.29 is 19.1 Å². The predicted octanol–water partition coefficient (Wildman–Crippen LogP) is 1.61. The predicted molar refractivity (Wildman–Crippen MR) is 72.7 cm³/mol. The number of primary amides is 1. The molecule has 0 fully saturated rings. The van der Waals surface area contributed by atoms with Crippen molar-refractivity contribution in [2.45, 2.75) is 32.9 Å². The molecule has 0 radical (unpaired) electrons. The van der Waals surface area contributed by atoms with Gasteiger partial charge in [-0.15, -0.1) is 0 Å². The number of benzene rings is 1. The van der Waals surface area contributed by atoms with Gasteiger partial charge in [0.2, 0.25) is 5.91 Å². The highest BCUT2D eigenvalue weighted by Crippen LogP contribution is 2.15. The van der Waals surface area contributed by atoms with E-state index in [1.807, 2.05) is 11.8 Å². The van der Waals surface area contributed by atoms with Gasteiger partial charge >= 0.3 is 5.97 Å². The molecule has 1 unspecified atom stereocenters. The van der Waals surface area contributed by atoms with Gasteiger partial charge in [-0.3, -0.25) is 14.5 Å². The van der Waals surface area contributed by atoms with Gasteiger partial charge in [0.25, 0.3) is 0 Å². The van der Waals surface area contributed by atoms with E-state index >= 15 is 0 Å². The molecule has 20 heavy (non-hydrogen) atoms. The molecule has 0 bridgehead atoms. The second-order valence-corrected chi connectivity index (χ2v) is 4.68. The molecule has 6 heteroatoms. The van der Waals surface area contributed by atoms with E-state index in [2.05, 4.69) is 0 Å². The Kier molecular flexibility index (Phi) is 5.64. The monoisotopic (exact) mass is 282 g/mol. The first kappa shape index (κ1) is 16.1. The lowest BCUT2D eigenvalue weighted by Gasteiger charge is -2.27. The fourth-order valence-electron chi connectivity index (χ4n) is 2.03. The summed E-state index contributed by atoms with van der Waals surface area (Å²) in [5, 5.41) is 8.80. The van der Waals surface area contributed by atoms with E-state index in [-0.39, 0.29) is 24.6 Å². The van der Waals surface area contributed by atoms with Gasteiger partial charge in [0, 0.05) is 23.7 Å². The molecule has 0 heterocycles. The molecule has 1 atom stereocenters. The van der Waals surface area contributed by atoms with E-state index in [1.54, 1.807) is 6.92 Å². The lowest BCUT2D eigenvalue weighted by molar-refractivity contribution is -0.138. The molecular formula is C14H19FN2O3. The van der Waals surface area contributed by atoms with E-state index in [1.165, 1.54) is 18.2 Å². The highest BCUT2D eigenvalue weighted by molar-refractivity contribution is 5.92. The first-order valence-electron chi connectivity index (χ1n) is 6.39. The van der Waals surface area contributed by atoms with Crippen LogP contribution in [0.4, 0.5) is 4.39 Å². The molecule has 0 aromatic heterocycles. The molecule has 0 spiro atoms. The van der Waals surface area contributed by atoms with Gasteiger partial charge in [0.1, 0.15) is 5.82 Å². The summed E-state index contributed by atoms with van der Waals surface area (Å²) in [7, 11) is 0. The molecule has 1 rings (SSSR count). The molecule has 0 saturated heterocycles. The number of rotatable bonds is 7. The Bertz CT molecular complexity index is 505. The summed E-state index contributed by atoms with van der Waals surface area (Å²) in [5.41, 5.74) is 5.74. The van der Waals surface area contributed by atoms with Crippen molar-refractivity contribution in [2.24, 2.45) is 5.73 Å². The normalized spacial score (nSPS) is 12.4. The first-order valence-corrected chi connectivity index (χ1v) is 6.39. The highest BCUT2D eigenvalue weighted by Gasteiger charge is 2.17. The molecule has 0 aliphatic carbocycles. The first-order chi connectivity index (χ1) is 9.35.